The molecule has 34 heavy (non-hydrogen) atoms. The van der Waals surface area contributed by atoms with Crippen LogP contribution in [0.5, 0.6) is 0 Å². The number of amides is 2. The minimum absolute atomic E-state index is 0.205. The quantitative estimate of drug-likeness (QED) is 0.376. The lowest BCUT2D eigenvalue weighted by molar-refractivity contribution is -0.366. The SMILES string of the molecule is CCCC(O)=[NH+]c1cc(N2CC(CNC(=O)c3ccc(Cl)s3)OC2=O)ccc1N1CCCCC1. The largest absolute Gasteiger partial charge is 0.463 e. The van der Waals surface area contributed by atoms with Crippen LogP contribution in [0.1, 0.15) is 48.7 Å². The summed E-state index contributed by atoms with van der Waals surface area (Å²) in [6, 6.07) is 9.12. The van der Waals surface area contributed by atoms with E-state index >= 15 is 0 Å². The molecule has 0 saturated carbocycles. The Balaban J connectivity index is 1.48. The second-order valence-corrected chi connectivity index (χ2v) is 10.2. The van der Waals surface area contributed by atoms with Crippen molar-refractivity contribution in [3.8, 4) is 0 Å². The summed E-state index contributed by atoms with van der Waals surface area (Å²) in [7, 11) is 0. The van der Waals surface area contributed by atoms with Crippen LogP contribution in [0.4, 0.5) is 21.9 Å². The molecule has 4 rings (SSSR count). The number of carbonyl (C=O) groups excluding carboxylic acids is 2. The summed E-state index contributed by atoms with van der Waals surface area (Å²) < 4.78 is 6.03. The van der Waals surface area contributed by atoms with E-state index in [9.17, 15) is 14.7 Å². The average Bonchev–Trinajstić information content (AvgIpc) is 3.43. The van der Waals surface area contributed by atoms with Gasteiger partial charge in [0.1, 0.15) is 11.8 Å². The third-order valence-corrected chi connectivity index (χ3v) is 7.15. The number of rotatable bonds is 8. The molecule has 2 aliphatic heterocycles. The number of benzene rings is 1. The number of hydrogen-bond acceptors (Lipinski definition) is 5. The molecule has 1 aromatic carbocycles. The van der Waals surface area contributed by atoms with Crippen molar-refractivity contribution in [3.05, 3.63) is 39.5 Å². The summed E-state index contributed by atoms with van der Waals surface area (Å²) >= 11 is 7.10. The molecular weight excluding hydrogens is 476 g/mol. The molecule has 0 bridgehead atoms. The molecule has 0 aliphatic carbocycles. The third-order valence-electron chi connectivity index (χ3n) is 5.92. The Hall–Kier alpha value is -2.78. The smallest absolute Gasteiger partial charge is 0.414 e. The highest BCUT2D eigenvalue weighted by atomic mass is 35.5. The molecule has 0 spiro atoms. The number of piperidine rings is 1. The highest BCUT2D eigenvalue weighted by Crippen LogP contribution is 2.31. The van der Waals surface area contributed by atoms with Gasteiger partial charge in [0.15, 0.2) is 0 Å². The van der Waals surface area contributed by atoms with E-state index in [1.165, 1.54) is 17.8 Å². The first-order chi connectivity index (χ1) is 16.4. The second-order valence-electron chi connectivity index (χ2n) is 8.50. The number of cyclic esters (lactones) is 1. The number of halogens is 1. The lowest BCUT2D eigenvalue weighted by Gasteiger charge is -2.28. The zero-order chi connectivity index (χ0) is 24.1. The minimum Gasteiger partial charge on any atom is -0.463 e. The van der Waals surface area contributed by atoms with Gasteiger partial charge in [-0.2, -0.15) is 4.99 Å². The monoisotopic (exact) mass is 505 g/mol. The van der Waals surface area contributed by atoms with Crippen LogP contribution in [0.3, 0.4) is 0 Å². The van der Waals surface area contributed by atoms with Crippen molar-refractivity contribution in [1.29, 1.82) is 0 Å². The van der Waals surface area contributed by atoms with Crippen molar-refractivity contribution in [2.75, 3.05) is 36.0 Å². The summed E-state index contributed by atoms with van der Waals surface area (Å²) in [6.07, 6.45) is 3.93. The van der Waals surface area contributed by atoms with E-state index in [4.69, 9.17) is 16.3 Å². The summed E-state index contributed by atoms with van der Waals surface area (Å²) in [5.41, 5.74) is 2.46. The zero-order valence-corrected chi connectivity index (χ0v) is 20.8. The van der Waals surface area contributed by atoms with E-state index in [1.807, 2.05) is 25.1 Å². The molecule has 3 N–H and O–H groups in total. The number of hydrogen-bond donors (Lipinski definition) is 3. The van der Waals surface area contributed by atoms with Crippen LogP contribution in [-0.2, 0) is 4.74 Å². The lowest BCUT2D eigenvalue weighted by Crippen LogP contribution is -2.67. The van der Waals surface area contributed by atoms with Crippen molar-refractivity contribution < 1.29 is 24.4 Å². The molecule has 1 unspecified atom stereocenters. The molecule has 1 aromatic heterocycles. The molecule has 3 heterocycles. The van der Waals surface area contributed by atoms with Gasteiger partial charge < -0.3 is 20.1 Å². The summed E-state index contributed by atoms with van der Waals surface area (Å²) in [5.74, 6) is -0.0399. The maximum absolute atomic E-state index is 12.6. The van der Waals surface area contributed by atoms with Crippen molar-refractivity contribution in [3.63, 3.8) is 0 Å². The van der Waals surface area contributed by atoms with Gasteiger partial charge in [0, 0.05) is 19.2 Å². The van der Waals surface area contributed by atoms with E-state index in [1.54, 1.807) is 17.0 Å². The summed E-state index contributed by atoms with van der Waals surface area (Å²) in [5, 5.41) is 13.1. The Morgan fingerprint density at radius 1 is 1.26 bits per heavy atom. The van der Waals surface area contributed by atoms with Crippen molar-refractivity contribution in [2.45, 2.75) is 45.1 Å². The molecule has 10 heteroatoms. The van der Waals surface area contributed by atoms with Crippen molar-refractivity contribution in [2.24, 2.45) is 0 Å². The normalized spacial score (nSPS) is 18.8. The molecule has 2 aliphatic rings. The zero-order valence-electron chi connectivity index (χ0n) is 19.2. The number of aliphatic hydroxyl groups is 1. The van der Waals surface area contributed by atoms with E-state index in [0.29, 0.717) is 27.9 Å². The van der Waals surface area contributed by atoms with Gasteiger partial charge in [-0.05, 0) is 49.9 Å². The highest BCUT2D eigenvalue weighted by Gasteiger charge is 2.33. The van der Waals surface area contributed by atoms with Crippen LogP contribution in [-0.4, -0.2) is 55.3 Å². The molecule has 2 fully saturated rings. The van der Waals surface area contributed by atoms with Gasteiger partial charge in [0.2, 0.25) is 5.69 Å². The summed E-state index contributed by atoms with van der Waals surface area (Å²) in [6.45, 7) is 4.46. The maximum atomic E-state index is 12.6. The second kappa shape index (κ2) is 11.1. The molecule has 2 aromatic rings. The Morgan fingerprint density at radius 3 is 2.76 bits per heavy atom. The molecular formula is C24H30ClN4O4S+. The minimum atomic E-state index is -0.467. The van der Waals surface area contributed by atoms with Crippen LogP contribution < -0.4 is 20.1 Å². The van der Waals surface area contributed by atoms with Gasteiger partial charge in [0.25, 0.3) is 5.91 Å². The van der Waals surface area contributed by atoms with Crippen molar-refractivity contribution >= 4 is 57.9 Å². The first-order valence-electron chi connectivity index (χ1n) is 11.7. The fourth-order valence-electron chi connectivity index (χ4n) is 4.23. The molecule has 0 radical (unpaired) electrons. The van der Waals surface area contributed by atoms with Crippen LogP contribution in [0.15, 0.2) is 30.3 Å². The number of nitrogens with zero attached hydrogens (tertiary/aromatic N) is 2. The van der Waals surface area contributed by atoms with Gasteiger partial charge in [-0.3, -0.25) is 9.69 Å². The van der Waals surface area contributed by atoms with E-state index in [2.05, 4.69) is 15.2 Å². The number of thiophene rings is 1. The number of anilines is 2. The average molecular weight is 506 g/mol. The maximum Gasteiger partial charge on any atom is 0.414 e. The molecule has 2 saturated heterocycles. The topological polar surface area (TPSA) is 96.1 Å². The standard InChI is InChI=1S/C24H29ClN4O4S/c1-2-6-22(30)27-18-13-16(7-8-19(18)28-11-4-3-5-12-28)29-15-17(33-24(29)32)14-26-23(31)20-9-10-21(25)34-20/h7-10,13,17H,2-6,11-12,14-15H2,1H3,(H,26,31)(H,27,30)/p+1. The van der Waals surface area contributed by atoms with E-state index in [0.717, 1.165) is 43.7 Å². The van der Waals surface area contributed by atoms with Crippen LogP contribution in [0, 0.1) is 0 Å². The third kappa shape index (κ3) is 5.82. The highest BCUT2D eigenvalue weighted by molar-refractivity contribution is 7.18. The Bertz CT molecular complexity index is 1070. The Kier molecular flexibility index (Phi) is 7.95. The fourth-order valence-corrected chi connectivity index (χ4v) is 5.19. The van der Waals surface area contributed by atoms with Crippen molar-refractivity contribution in [1.82, 2.24) is 5.32 Å². The summed E-state index contributed by atoms with van der Waals surface area (Å²) in [4.78, 5) is 32.4. The number of nitrogens with one attached hydrogen (secondary N) is 2. The number of ether oxygens (including phenoxy) is 1. The molecule has 182 valence electrons. The first-order valence-corrected chi connectivity index (χ1v) is 12.9. The van der Waals surface area contributed by atoms with Gasteiger partial charge in [-0.25, -0.2) is 4.79 Å². The number of aliphatic hydroxyl groups excluding tert-OH is 1. The molecule has 8 nitrogen and oxygen atoms in total. The van der Waals surface area contributed by atoms with Gasteiger partial charge in [0.05, 0.1) is 34.4 Å². The fraction of sp³-hybridized carbons (Fsp3) is 0.458. The van der Waals surface area contributed by atoms with Gasteiger partial charge >= 0.3 is 12.0 Å². The van der Waals surface area contributed by atoms with Gasteiger partial charge in [-0.15, -0.1) is 11.3 Å². The first kappa shape index (κ1) is 24.3. The predicted octanol–water partition coefficient (Wildman–Crippen LogP) is 3.62. The van der Waals surface area contributed by atoms with E-state index < -0.39 is 12.2 Å². The Morgan fingerprint density at radius 2 is 2.06 bits per heavy atom. The van der Waals surface area contributed by atoms with Crippen LogP contribution in [0.2, 0.25) is 4.34 Å². The predicted molar refractivity (Wildman–Crippen MR) is 135 cm³/mol. The van der Waals surface area contributed by atoms with E-state index in [-0.39, 0.29) is 18.3 Å². The van der Waals surface area contributed by atoms with Crippen LogP contribution in [0.25, 0.3) is 0 Å². The number of carbonyl (C=O) groups is 2. The van der Waals surface area contributed by atoms with Gasteiger partial charge in [-0.1, -0.05) is 18.5 Å². The van der Waals surface area contributed by atoms with Crippen LogP contribution >= 0.6 is 22.9 Å². The lowest BCUT2D eigenvalue weighted by atomic mass is 10.1. The Labute approximate surface area is 208 Å². The molecule has 2 amide bonds. The molecule has 1 atom stereocenters.